The van der Waals surface area contributed by atoms with Gasteiger partial charge in [0.1, 0.15) is 5.75 Å². The monoisotopic (exact) mass is 311 g/mol. The molecule has 2 aromatic rings. The molecule has 0 aliphatic heterocycles. The zero-order chi connectivity index (χ0) is 16.5. The third-order valence-corrected chi connectivity index (χ3v) is 3.48. The molecule has 120 valence electrons. The Balaban J connectivity index is 2.01. The number of hydrogen-bond acceptors (Lipinski definition) is 4. The van der Waals surface area contributed by atoms with E-state index in [0.717, 1.165) is 17.1 Å². The summed E-state index contributed by atoms with van der Waals surface area (Å²) >= 11 is 0. The Kier molecular flexibility index (Phi) is 6.31. The zero-order valence-corrected chi connectivity index (χ0v) is 13.5. The minimum Gasteiger partial charge on any atom is -0.496 e. The van der Waals surface area contributed by atoms with Crippen molar-refractivity contribution in [2.75, 3.05) is 20.3 Å². The molecule has 0 amide bonds. The van der Waals surface area contributed by atoms with Crippen molar-refractivity contribution in [3.63, 3.8) is 0 Å². The number of ether oxygens (including phenoxy) is 3. The maximum atomic E-state index is 9.45. The average Bonchev–Trinajstić information content (AvgIpc) is 2.60. The Bertz CT molecular complexity index is 664. The molecule has 0 spiro atoms. The van der Waals surface area contributed by atoms with Crippen LogP contribution in [0, 0.1) is 11.3 Å². The fraction of sp³-hybridized carbons (Fsp3) is 0.316. The van der Waals surface area contributed by atoms with Crippen LogP contribution in [0.3, 0.4) is 0 Å². The number of methoxy groups -OCH3 is 1. The van der Waals surface area contributed by atoms with Gasteiger partial charge in [-0.1, -0.05) is 30.3 Å². The Labute approximate surface area is 137 Å². The highest BCUT2D eigenvalue weighted by Gasteiger charge is 2.15. The highest BCUT2D eigenvalue weighted by Crippen LogP contribution is 2.30. The van der Waals surface area contributed by atoms with E-state index in [9.17, 15) is 5.26 Å². The van der Waals surface area contributed by atoms with E-state index in [2.05, 4.69) is 6.07 Å². The van der Waals surface area contributed by atoms with Gasteiger partial charge in [-0.05, 0) is 25.1 Å². The Morgan fingerprint density at radius 1 is 0.957 bits per heavy atom. The topological polar surface area (TPSA) is 51.5 Å². The van der Waals surface area contributed by atoms with Crippen LogP contribution in [0.1, 0.15) is 24.8 Å². The van der Waals surface area contributed by atoms with Crippen LogP contribution in [0.25, 0.3) is 0 Å². The van der Waals surface area contributed by atoms with E-state index in [0.29, 0.717) is 25.4 Å². The molecule has 2 rings (SSSR count). The summed E-state index contributed by atoms with van der Waals surface area (Å²) in [6.07, 6.45) is 0.581. The average molecular weight is 311 g/mol. The van der Waals surface area contributed by atoms with Crippen molar-refractivity contribution in [2.24, 2.45) is 0 Å². The van der Waals surface area contributed by atoms with Crippen LogP contribution in [0.2, 0.25) is 0 Å². The first kappa shape index (κ1) is 16.7. The van der Waals surface area contributed by atoms with Crippen LogP contribution < -0.4 is 14.2 Å². The summed E-state index contributed by atoms with van der Waals surface area (Å²) in [5.41, 5.74) is 0.888. The standard InChI is InChI=1S/C19H21NO3/c1-3-22-18-10-6-7-11-19(18)23-13-12-15(14-20)16-8-4-5-9-17(16)21-2/h4-11,15H,3,12-13H2,1-2H3. The van der Waals surface area contributed by atoms with E-state index >= 15 is 0 Å². The number of para-hydroxylation sites is 3. The third kappa shape index (κ3) is 4.40. The molecule has 0 radical (unpaired) electrons. The minimum absolute atomic E-state index is 0.273. The van der Waals surface area contributed by atoms with Gasteiger partial charge in [-0.25, -0.2) is 0 Å². The molecule has 2 aromatic carbocycles. The van der Waals surface area contributed by atoms with E-state index in [1.165, 1.54) is 0 Å². The lowest BCUT2D eigenvalue weighted by Gasteiger charge is -2.15. The predicted molar refractivity (Wildman–Crippen MR) is 89.1 cm³/mol. The maximum absolute atomic E-state index is 9.45. The molecule has 23 heavy (non-hydrogen) atoms. The first-order valence-electron chi connectivity index (χ1n) is 7.67. The first-order chi connectivity index (χ1) is 11.3. The summed E-state index contributed by atoms with van der Waals surface area (Å²) < 4.78 is 16.7. The highest BCUT2D eigenvalue weighted by atomic mass is 16.5. The van der Waals surface area contributed by atoms with Gasteiger partial charge in [0.25, 0.3) is 0 Å². The zero-order valence-electron chi connectivity index (χ0n) is 13.5. The largest absolute Gasteiger partial charge is 0.496 e. The van der Waals surface area contributed by atoms with E-state index in [1.807, 2.05) is 55.5 Å². The van der Waals surface area contributed by atoms with Crippen molar-refractivity contribution in [2.45, 2.75) is 19.3 Å². The summed E-state index contributed by atoms with van der Waals surface area (Å²) in [5.74, 6) is 1.88. The number of rotatable bonds is 8. The molecule has 0 heterocycles. The van der Waals surface area contributed by atoms with Crippen LogP contribution >= 0.6 is 0 Å². The summed E-state index contributed by atoms with van der Waals surface area (Å²) in [6.45, 7) is 2.95. The molecule has 0 fully saturated rings. The SMILES string of the molecule is CCOc1ccccc1OCCC(C#N)c1ccccc1OC. The fourth-order valence-corrected chi connectivity index (χ4v) is 2.37. The van der Waals surface area contributed by atoms with E-state index in [-0.39, 0.29) is 5.92 Å². The van der Waals surface area contributed by atoms with Gasteiger partial charge < -0.3 is 14.2 Å². The number of nitriles is 1. The predicted octanol–water partition coefficient (Wildman–Crippen LogP) is 4.17. The summed E-state index contributed by atoms with van der Waals surface area (Å²) in [7, 11) is 1.61. The molecule has 0 saturated carbocycles. The van der Waals surface area contributed by atoms with E-state index in [4.69, 9.17) is 14.2 Å². The highest BCUT2D eigenvalue weighted by molar-refractivity contribution is 5.40. The second-order valence-corrected chi connectivity index (χ2v) is 4.94. The van der Waals surface area contributed by atoms with Crippen LogP contribution in [-0.2, 0) is 0 Å². The Morgan fingerprint density at radius 3 is 2.17 bits per heavy atom. The number of nitrogens with zero attached hydrogens (tertiary/aromatic N) is 1. The molecule has 4 nitrogen and oxygen atoms in total. The molecule has 0 N–H and O–H groups in total. The lowest BCUT2D eigenvalue weighted by atomic mass is 9.97. The van der Waals surface area contributed by atoms with Crippen LogP contribution in [0.4, 0.5) is 0 Å². The fourth-order valence-electron chi connectivity index (χ4n) is 2.37. The molecular formula is C19H21NO3. The van der Waals surface area contributed by atoms with Gasteiger partial charge in [0.05, 0.1) is 32.3 Å². The first-order valence-corrected chi connectivity index (χ1v) is 7.67. The van der Waals surface area contributed by atoms with Gasteiger partial charge in [-0.3, -0.25) is 0 Å². The lowest BCUT2D eigenvalue weighted by molar-refractivity contribution is 0.270. The van der Waals surface area contributed by atoms with Crippen LogP contribution in [0.15, 0.2) is 48.5 Å². The molecule has 0 saturated heterocycles. The van der Waals surface area contributed by atoms with Crippen molar-refractivity contribution in [1.29, 1.82) is 5.26 Å². The third-order valence-electron chi connectivity index (χ3n) is 3.48. The second-order valence-electron chi connectivity index (χ2n) is 4.94. The smallest absolute Gasteiger partial charge is 0.161 e. The van der Waals surface area contributed by atoms with Gasteiger partial charge in [-0.15, -0.1) is 0 Å². The molecule has 1 unspecified atom stereocenters. The molecular weight excluding hydrogens is 290 g/mol. The van der Waals surface area contributed by atoms with Gasteiger partial charge in [-0.2, -0.15) is 5.26 Å². The van der Waals surface area contributed by atoms with Crippen molar-refractivity contribution in [1.82, 2.24) is 0 Å². The molecule has 1 atom stereocenters. The molecule has 0 aromatic heterocycles. The Hall–Kier alpha value is -2.67. The second kappa shape index (κ2) is 8.70. The van der Waals surface area contributed by atoms with E-state index in [1.54, 1.807) is 7.11 Å². The van der Waals surface area contributed by atoms with Gasteiger partial charge in [0, 0.05) is 12.0 Å². The maximum Gasteiger partial charge on any atom is 0.161 e. The molecule has 0 aliphatic carbocycles. The minimum atomic E-state index is -0.273. The summed E-state index contributed by atoms with van der Waals surface area (Å²) in [6, 6.07) is 17.5. The summed E-state index contributed by atoms with van der Waals surface area (Å²) in [5, 5.41) is 9.45. The number of benzene rings is 2. The quantitative estimate of drug-likeness (QED) is 0.734. The van der Waals surface area contributed by atoms with Crippen molar-refractivity contribution >= 4 is 0 Å². The van der Waals surface area contributed by atoms with Crippen molar-refractivity contribution in [3.05, 3.63) is 54.1 Å². The van der Waals surface area contributed by atoms with Crippen molar-refractivity contribution < 1.29 is 14.2 Å². The Morgan fingerprint density at radius 2 is 1.57 bits per heavy atom. The number of hydrogen-bond donors (Lipinski definition) is 0. The van der Waals surface area contributed by atoms with Crippen molar-refractivity contribution in [3.8, 4) is 23.3 Å². The van der Waals surface area contributed by atoms with Crippen LogP contribution in [0.5, 0.6) is 17.2 Å². The summed E-state index contributed by atoms with van der Waals surface area (Å²) in [4.78, 5) is 0. The van der Waals surface area contributed by atoms with E-state index < -0.39 is 0 Å². The molecule has 4 heteroatoms. The molecule has 0 bridgehead atoms. The van der Waals surface area contributed by atoms with Gasteiger partial charge in [0.15, 0.2) is 11.5 Å². The lowest BCUT2D eigenvalue weighted by Crippen LogP contribution is -2.07. The normalized spacial score (nSPS) is 11.3. The van der Waals surface area contributed by atoms with Gasteiger partial charge >= 0.3 is 0 Å². The molecule has 0 aliphatic rings. The van der Waals surface area contributed by atoms with Crippen LogP contribution in [-0.4, -0.2) is 20.3 Å². The van der Waals surface area contributed by atoms with Gasteiger partial charge in [0.2, 0.25) is 0 Å².